The third-order valence-electron chi connectivity index (χ3n) is 3.15. The van der Waals surface area contributed by atoms with Gasteiger partial charge in [0, 0.05) is 11.8 Å². The average Bonchev–Trinajstić information content (AvgIpc) is 2.87. The lowest BCUT2D eigenvalue weighted by Crippen LogP contribution is -2.27. The summed E-state index contributed by atoms with van der Waals surface area (Å²) in [5.41, 5.74) is 7.90. The van der Waals surface area contributed by atoms with Crippen molar-refractivity contribution in [2.75, 3.05) is 5.73 Å². The number of hydrogen-bond acceptors (Lipinski definition) is 5. The number of nitrogens with two attached hydrogens (primary N) is 1. The van der Waals surface area contributed by atoms with Gasteiger partial charge in [0.15, 0.2) is 5.13 Å². The maximum absolute atomic E-state index is 12.3. The third-order valence-corrected chi connectivity index (χ3v) is 3.99. The highest BCUT2D eigenvalue weighted by Gasteiger charge is 2.13. The molecule has 0 aliphatic rings. The van der Waals surface area contributed by atoms with Gasteiger partial charge < -0.3 is 11.1 Å². The fraction of sp³-hybridized carbons (Fsp3) is 0.133. The van der Waals surface area contributed by atoms with Gasteiger partial charge in [-0.1, -0.05) is 17.4 Å². The predicted molar refractivity (Wildman–Crippen MR) is 84.2 cm³/mol. The van der Waals surface area contributed by atoms with Crippen molar-refractivity contribution in [2.45, 2.75) is 13.0 Å². The van der Waals surface area contributed by atoms with E-state index in [9.17, 15) is 4.79 Å². The number of rotatable bonds is 3. The molecule has 21 heavy (non-hydrogen) atoms. The van der Waals surface area contributed by atoms with Crippen LogP contribution in [0.1, 0.15) is 29.0 Å². The number of benzene rings is 1. The van der Waals surface area contributed by atoms with Gasteiger partial charge in [0.25, 0.3) is 5.91 Å². The number of nitrogens with zero attached hydrogens (tertiary/aromatic N) is 2. The van der Waals surface area contributed by atoms with Crippen LogP contribution in [0.25, 0.3) is 10.2 Å². The van der Waals surface area contributed by atoms with Crippen molar-refractivity contribution in [3.8, 4) is 0 Å². The summed E-state index contributed by atoms with van der Waals surface area (Å²) >= 11 is 1.37. The molecular weight excluding hydrogens is 284 g/mol. The highest BCUT2D eigenvalue weighted by molar-refractivity contribution is 7.22. The molecule has 1 atom stereocenters. The Bertz CT molecular complexity index is 785. The lowest BCUT2D eigenvalue weighted by Gasteiger charge is -2.13. The molecule has 5 nitrogen and oxygen atoms in total. The first-order valence-corrected chi connectivity index (χ1v) is 7.33. The number of hydrogen-bond donors (Lipinski definition) is 2. The number of thiazole rings is 1. The van der Waals surface area contributed by atoms with Gasteiger partial charge in [-0.05, 0) is 37.3 Å². The Balaban J connectivity index is 1.80. The minimum Gasteiger partial charge on any atom is -0.375 e. The van der Waals surface area contributed by atoms with Crippen molar-refractivity contribution in [1.82, 2.24) is 15.3 Å². The van der Waals surface area contributed by atoms with Gasteiger partial charge >= 0.3 is 0 Å². The minimum atomic E-state index is -0.152. The van der Waals surface area contributed by atoms with Crippen LogP contribution in [0.3, 0.4) is 0 Å². The van der Waals surface area contributed by atoms with Crippen molar-refractivity contribution in [3.05, 3.63) is 53.9 Å². The number of amides is 1. The first kappa shape index (κ1) is 13.5. The fourth-order valence-corrected chi connectivity index (χ4v) is 2.84. The van der Waals surface area contributed by atoms with Crippen LogP contribution in [0.4, 0.5) is 5.13 Å². The monoisotopic (exact) mass is 298 g/mol. The summed E-state index contributed by atoms with van der Waals surface area (Å²) < 4.78 is 0.908. The number of carbonyl (C=O) groups is 1. The van der Waals surface area contributed by atoms with Crippen LogP contribution >= 0.6 is 11.3 Å². The standard InChI is InChI=1S/C15H14N4OS/c1-9(11-4-2-3-7-17-11)18-14(20)10-5-6-12-13(8-10)21-15(16)19-12/h2-9H,1H3,(H2,16,19)(H,18,20). The van der Waals surface area contributed by atoms with Crippen LogP contribution in [-0.4, -0.2) is 15.9 Å². The largest absolute Gasteiger partial charge is 0.375 e. The molecular formula is C15H14N4OS. The summed E-state index contributed by atoms with van der Waals surface area (Å²) in [6.45, 7) is 1.91. The molecule has 1 amide bonds. The van der Waals surface area contributed by atoms with Crippen LogP contribution in [0.15, 0.2) is 42.6 Å². The molecule has 0 aliphatic heterocycles. The molecule has 0 saturated heterocycles. The second-order valence-electron chi connectivity index (χ2n) is 4.68. The van der Waals surface area contributed by atoms with Crippen LogP contribution in [-0.2, 0) is 0 Å². The SMILES string of the molecule is CC(NC(=O)c1ccc2nc(N)sc2c1)c1ccccn1. The van der Waals surface area contributed by atoms with Gasteiger partial charge in [0.1, 0.15) is 0 Å². The van der Waals surface area contributed by atoms with Gasteiger partial charge in [-0.25, -0.2) is 4.98 Å². The quantitative estimate of drug-likeness (QED) is 0.779. The Kier molecular flexibility index (Phi) is 3.53. The molecule has 2 heterocycles. The van der Waals surface area contributed by atoms with Crippen molar-refractivity contribution >= 4 is 32.6 Å². The van der Waals surface area contributed by atoms with Crippen molar-refractivity contribution < 1.29 is 4.79 Å². The normalized spacial score (nSPS) is 12.2. The predicted octanol–water partition coefficient (Wildman–Crippen LogP) is 2.76. The van der Waals surface area contributed by atoms with E-state index in [2.05, 4.69) is 15.3 Å². The van der Waals surface area contributed by atoms with Crippen LogP contribution in [0.5, 0.6) is 0 Å². The molecule has 106 valence electrons. The fourth-order valence-electron chi connectivity index (χ4n) is 2.07. The lowest BCUT2D eigenvalue weighted by atomic mass is 10.1. The van der Waals surface area contributed by atoms with Crippen LogP contribution in [0.2, 0.25) is 0 Å². The summed E-state index contributed by atoms with van der Waals surface area (Å²) in [5, 5.41) is 3.44. The van der Waals surface area contributed by atoms with Crippen LogP contribution in [0, 0.1) is 0 Å². The molecule has 0 bridgehead atoms. The van der Waals surface area contributed by atoms with E-state index in [0.29, 0.717) is 10.7 Å². The zero-order valence-corrected chi connectivity index (χ0v) is 12.2. The van der Waals surface area contributed by atoms with E-state index in [0.717, 1.165) is 15.9 Å². The first-order valence-electron chi connectivity index (χ1n) is 6.51. The van der Waals surface area contributed by atoms with Crippen LogP contribution < -0.4 is 11.1 Å². The number of fused-ring (bicyclic) bond motifs is 1. The summed E-state index contributed by atoms with van der Waals surface area (Å²) in [7, 11) is 0. The molecule has 3 aromatic rings. The van der Waals surface area contributed by atoms with E-state index in [1.54, 1.807) is 12.3 Å². The molecule has 0 spiro atoms. The molecule has 1 aromatic carbocycles. The molecule has 0 radical (unpaired) electrons. The van der Waals surface area contributed by atoms with Crippen molar-refractivity contribution in [2.24, 2.45) is 0 Å². The van der Waals surface area contributed by atoms with E-state index >= 15 is 0 Å². The van der Waals surface area contributed by atoms with Crippen molar-refractivity contribution in [3.63, 3.8) is 0 Å². The smallest absolute Gasteiger partial charge is 0.251 e. The molecule has 0 saturated carbocycles. The number of carbonyl (C=O) groups excluding carboxylic acids is 1. The number of pyridine rings is 1. The van der Waals surface area contributed by atoms with Crippen molar-refractivity contribution in [1.29, 1.82) is 0 Å². The summed E-state index contributed by atoms with van der Waals surface area (Å²) in [4.78, 5) is 20.7. The van der Waals surface area contributed by atoms with E-state index in [-0.39, 0.29) is 11.9 Å². The summed E-state index contributed by atoms with van der Waals surface area (Å²) in [5.74, 6) is -0.137. The molecule has 0 fully saturated rings. The minimum absolute atomic E-state index is 0.137. The van der Waals surface area contributed by atoms with E-state index in [4.69, 9.17) is 5.73 Å². The number of nitrogens with one attached hydrogen (secondary N) is 1. The zero-order chi connectivity index (χ0) is 14.8. The molecule has 6 heteroatoms. The maximum atomic E-state index is 12.3. The Labute approximate surface area is 125 Å². The second-order valence-corrected chi connectivity index (χ2v) is 5.75. The third kappa shape index (κ3) is 2.85. The molecule has 3 N–H and O–H groups in total. The molecule has 0 aliphatic carbocycles. The molecule has 3 rings (SSSR count). The second kappa shape index (κ2) is 5.49. The van der Waals surface area contributed by atoms with E-state index in [1.165, 1.54) is 11.3 Å². The van der Waals surface area contributed by atoms with Gasteiger partial charge in [-0.2, -0.15) is 0 Å². The Hall–Kier alpha value is -2.47. The maximum Gasteiger partial charge on any atom is 0.251 e. The number of anilines is 1. The highest BCUT2D eigenvalue weighted by atomic mass is 32.1. The van der Waals surface area contributed by atoms with Gasteiger partial charge in [0.2, 0.25) is 0 Å². The Morgan fingerprint density at radius 3 is 2.95 bits per heavy atom. The van der Waals surface area contributed by atoms with Gasteiger partial charge in [0.05, 0.1) is 22.0 Å². The highest BCUT2D eigenvalue weighted by Crippen LogP contribution is 2.24. The zero-order valence-electron chi connectivity index (χ0n) is 11.4. The van der Waals surface area contributed by atoms with Gasteiger partial charge in [-0.15, -0.1) is 0 Å². The topological polar surface area (TPSA) is 80.9 Å². The van der Waals surface area contributed by atoms with E-state index < -0.39 is 0 Å². The average molecular weight is 298 g/mol. The lowest BCUT2D eigenvalue weighted by molar-refractivity contribution is 0.0939. The van der Waals surface area contributed by atoms with E-state index in [1.807, 2.05) is 37.3 Å². The van der Waals surface area contributed by atoms with Gasteiger partial charge in [-0.3, -0.25) is 9.78 Å². The summed E-state index contributed by atoms with van der Waals surface area (Å²) in [6.07, 6.45) is 1.71. The molecule has 2 aromatic heterocycles. The number of aromatic nitrogens is 2. The number of nitrogen functional groups attached to an aromatic ring is 1. The Morgan fingerprint density at radius 1 is 1.33 bits per heavy atom. The molecule has 1 unspecified atom stereocenters. The summed E-state index contributed by atoms with van der Waals surface area (Å²) in [6, 6.07) is 10.9. The first-order chi connectivity index (χ1) is 10.1. The Morgan fingerprint density at radius 2 is 2.19 bits per heavy atom.